The van der Waals surface area contributed by atoms with E-state index in [0.717, 1.165) is 6.42 Å². The number of aliphatic hydroxyl groups is 1. The normalized spacial score (nSPS) is 16.0. The minimum absolute atomic E-state index is 0.194. The molecular weight excluding hydrogens is 168 g/mol. The highest BCUT2D eigenvalue weighted by molar-refractivity contribution is 7.10. The molecule has 0 saturated heterocycles. The van der Waals surface area contributed by atoms with E-state index in [1.54, 1.807) is 11.3 Å². The molecule has 2 atom stereocenters. The lowest BCUT2D eigenvalue weighted by Gasteiger charge is -2.11. The number of rotatable bonds is 3. The lowest BCUT2D eigenvalue weighted by molar-refractivity contribution is 0.176. The molecule has 1 aromatic heterocycles. The Morgan fingerprint density at radius 3 is 2.58 bits per heavy atom. The van der Waals surface area contributed by atoms with Gasteiger partial charge in [-0.2, -0.15) is 0 Å². The zero-order chi connectivity index (χ0) is 9.14. The molecule has 0 radical (unpaired) electrons. The van der Waals surface area contributed by atoms with E-state index >= 15 is 0 Å². The number of aliphatic hydroxyl groups excluding tert-OH is 1. The van der Waals surface area contributed by atoms with Crippen LogP contribution in [0.5, 0.6) is 0 Å². The van der Waals surface area contributed by atoms with Crippen molar-refractivity contribution in [1.82, 2.24) is 0 Å². The van der Waals surface area contributed by atoms with E-state index in [-0.39, 0.29) is 6.10 Å². The molecule has 0 amide bonds. The van der Waals surface area contributed by atoms with Gasteiger partial charge in [0.1, 0.15) is 0 Å². The minimum Gasteiger partial charge on any atom is -0.393 e. The highest BCUT2D eigenvalue weighted by Crippen LogP contribution is 2.25. The molecule has 12 heavy (non-hydrogen) atoms. The summed E-state index contributed by atoms with van der Waals surface area (Å²) < 4.78 is 0. The number of hydrogen-bond acceptors (Lipinski definition) is 2. The van der Waals surface area contributed by atoms with Gasteiger partial charge in [0, 0.05) is 4.88 Å². The Morgan fingerprint density at radius 1 is 1.50 bits per heavy atom. The molecule has 1 rings (SSSR count). The largest absolute Gasteiger partial charge is 0.393 e. The van der Waals surface area contributed by atoms with Gasteiger partial charge in [0.25, 0.3) is 0 Å². The summed E-state index contributed by atoms with van der Waals surface area (Å²) in [6, 6.07) is 2.21. The van der Waals surface area contributed by atoms with Crippen LogP contribution in [-0.4, -0.2) is 11.2 Å². The van der Waals surface area contributed by atoms with Crippen LogP contribution in [0.2, 0.25) is 0 Å². The molecule has 2 unspecified atom stereocenters. The Labute approximate surface area is 78.1 Å². The maximum atomic E-state index is 9.19. The standard InChI is InChI=1S/C10H16OS/c1-7(4-8(2)11)10-5-9(3)12-6-10/h5-8,11H,4H2,1-3H3. The van der Waals surface area contributed by atoms with Gasteiger partial charge in [-0.15, -0.1) is 11.3 Å². The van der Waals surface area contributed by atoms with E-state index in [1.165, 1.54) is 10.4 Å². The fraction of sp³-hybridized carbons (Fsp3) is 0.600. The van der Waals surface area contributed by atoms with Gasteiger partial charge in [0.15, 0.2) is 0 Å². The SMILES string of the molecule is Cc1cc(C(C)CC(C)O)cs1. The molecule has 0 aliphatic carbocycles. The summed E-state index contributed by atoms with van der Waals surface area (Å²) in [5, 5.41) is 11.4. The zero-order valence-electron chi connectivity index (χ0n) is 7.87. The minimum atomic E-state index is -0.194. The first-order valence-corrected chi connectivity index (χ1v) is 5.20. The van der Waals surface area contributed by atoms with E-state index in [2.05, 4.69) is 25.3 Å². The topological polar surface area (TPSA) is 20.2 Å². The summed E-state index contributed by atoms with van der Waals surface area (Å²) in [4.78, 5) is 1.35. The summed E-state index contributed by atoms with van der Waals surface area (Å²) in [6.45, 7) is 6.12. The van der Waals surface area contributed by atoms with Crippen molar-refractivity contribution in [2.45, 2.75) is 39.2 Å². The molecule has 0 aliphatic rings. The molecule has 1 nitrogen and oxygen atoms in total. The molecule has 0 aromatic carbocycles. The van der Waals surface area contributed by atoms with Gasteiger partial charge in [-0.05, 0) is 43.2 Å². The maximum Gasteiger partial charge on any atom is 0.0517 e. The number of hydrogen-bond donors (Lipinski definition) is 1. The smallest absolute Gasteiger partial charge is 0.0517 e. The summed E-state index contributed by atoms with van der Waals surface area (Å²) in [7, 11) is 0. The molecule has 0 saturated carbocycles. The van der Waals surface area contributed by atoms with E-state index in [1.807, 2.05) is 6.92 Å². The molecule has 0 fully saturated rings. The third kappa shape index (κ3) is 2.61. The lowest BCUT2D eigenvalue weighted by Crippen LogP contribution is -2.04. The second kappa shape index (κ2) is 4.06. The molecule has 68 valence electrons. The average molecular weight is 184 g/mol. The molecular formula is C10H16OS. The fourth-order valence-corrected chi connectivity index (χ4v) is 2.20. The van der Waals surface area contributed by atoms with Gasteiger partial charge >= 0.3 is 0 Å². The van der Waals surface area contributed by atoms with E-state index in [0.29, 0.717) is 5.92 Å². The quantitative estimate of drug-likeness (QED) is 0.765. The third-order valence-electron chi connectivity index (χ3n) is 2.01. The van der Waals surface area contributed by atoms with Gasteiger partial charge in [0.2, 0.25) is 0 Å². The van der Waals surface area contributed by atoms with Gasteiger partial charge in [-0.3, -0.25) is 0 Å². The van der Waals surface area contributed by atoms with Crippen LogP contribution < -0.4 is 0 Å². The van der Waals surface area contributed by atoms with Gasteiger partial charge in [-0.25, -0.2) is 0 Å². The van der Waals surface area contributed by atoms with Crippen molar-refractivity contribution >= 4 is 11.3 Å². The summed E-state index contributed by atoms with van der Waals surface area (Å²) in [5.41, 5.74) is 1.36. The number of thiophene rings is 1. The molecule has 0 aliphatic heterocycles. The Bertz CT molecular complexity index is 240. The average Bonchev–Trinajstić information content (AvgIpc) is 2.34. The van der Waals surface area contributed by atoms with Crippen molar-refractivity contribution in [3.05, 3.63) is 21.9 Å². The van der Waals surface area contributed by atoms with Crippen LogP contribution in [0.1, 0.15) is 36.6 Å². The van der Waals surface area contributed by atoms with E-state index in [4.69, 9.17) is 0 Å². The highest BCUT2D eigenvalue weighted by atomic mass is 32.1. The first-order valence-electron chi connectivity index (χ1n) is 4.32. The predicted molar refractivity (Wildman–Crippen MR) is 53.8 cm³/mol. The first-order chi connectivity index (χ1) is 5.59. The Kier molecular flexibility index (Phi) is 3.29. The fourth-order valence-electron chi connectivity index (χ4n) is 1.37. The zero-order valence-corrected chi connectivity index (χ0v) is 8.69. The molecule has 1 N–H and O–H groups in total. The van der Waals surface area contributed by atoms with E-state index < -0.39 is 0 Å². The van der Waals surface area contributed by atoms with Crippen molar-refractivity contribution in [2.24, 2.45) is 0 Å². The van der Waals surface area contributed by atoms with Gasteiger partial charge in [-0.1, -0.05) is 6.92 Å². The molecule has 0 spiro atoms. The second-order valence-corrected chi connectivity index (χ2v) is 4.59. The van der Waals surface area contributed by atoms with Crippen LogP contribution in [0.25, 0.3) is 0 Å². The van der Waals surface area contributed by atoms with Crippen LogP contribution in [0.3, 0.4) is 0 Å². The van der Waals surface area contributed by atoms with Crippen molar-refractivity contribution < 1.29 is 5.11 Å². The molecule has 1 heterocycles. The maximum absolute atomic E-state index is 9.19. The van der Waals surface area contributed by atoms with Crippen LogP contribution in [0, 0.1) is 6.92 Å². The van der Waals surface area contributed by atoms with Gasteiger partial charge < -0.3 is 5.11 Å². The van der Waals surface area contributed by atoms with Crippen LogP contribution in [0.15, 0.2) is 11.4 Å². The van der Waals surface area contributed by atoms with Crippen molar-refractivity contribution in [3.63, 3.8) is 0 Å². The van der Waals surface area contributed by atoms with Crippen molar-refractivity contribution in [3.8, 4) is 0 Å². The Morgan fingerprint density at radius 2 is 2.17 bits per heavy atom. The van der Waals surface area contributed by atoms with Crippen LogP contribution in [-0.2, 0) is 0 Å². The summed E-state index contributed by atoms with van der Waals surface area (Å²) >= 11 is 1.78. The van der Waals surface area contributed by atoms with Crippen molar-refractivity contribution in [1.29, 1.82) is 0 Å². The lowest BCUT2D eigenvalue weighted by atomic mass is 9.98. The third-order valence-corrected chi connectivity index (χ3v) is 2.89. The first kappa shape index (κ1) is 9.75. The van der Waals surface area contributed by atoms with Crippen LogP contribution >= 0.6 is 11.3 Å². The predicted octanol–water partition coefficient (Wildman–Crippen LogP) is 2.93. The highest BCUT2D eigenvalue weighted by Gasteiger charge is 2.09. The van der Waals surface area contributed by atoms with Crippen molar-refractivity contribution in [2.75, 3.05) is 0 Å². The van der Waals surface area contributed by atoms with E-state index in [9.17, 15) is 5.11 Å². The van der Waals surface area contributed by atoms with Gasteiger partial charge in [0.05, 0.1) is 6.10 Å². The molecule has 0 bridgehead atoms. The molecule has 1 aromatic rings. The summed E-state index contributed by atoms with van der Waals surface area (Å²) in [5.74, 6) is 0.481. The van der Waals surface area contributed by atoms with Crippen LogP contribution in [0.4, 0.5) is 0 Å². The summed E-state index contributed by atoms with van der Waals surface area (Å²) in [6.07, 6.45) is 0.663. The second-order valence-electron chi connectivity index (χ2n) is 3.48. The Hall–Kier alpha value is -0.340. The number of aryl methyl sites for hydroxylation is 1. The monoisotopic (exact) mass is 184 g/mol. The molecule has 2 heteroatoms. The Balaban J connectivity index is 2.58.